The van der Waals surface area contributed by atoms with Crippen LogP contribution in [0.2, 0.25) is 0 Å². The van der Waals surface area contributed by atoms with Crippen LogP contribution >= 0.6 is 11.8 Å². The second-order valence-corrected chi connectivity index (χ2v) is 7.42. The number of rotatable bonds is 5. The summed E-state index contributed by atoms with van der Waals surface area (Å²) in [6.45, 7) is 3.00. The van der Waals surface area contributed by atoms with E-state index in [9.17, 15) is 4.79 Å². The lowest BCUT2D eigenvalue weighted by molar-refractivity contribution is -0.122. The number of thioether (sulfide) groups is 1. The molecule has 1 aliphatic heterocycles. The third-order valence-electron chi connectivity index (χ3n) is 4.68. The van der Waals surface area contributed by atoms with Crippen molar-refractivity contribution in [3.8, 4) is 0 Å². The number of piperidine rings is 1. The van der Waals surface area contributed by atoms with Crippen LogP contribution in [0.25, 0.3) is 0 Å². The van der Waals surface area contributed by atoms with Crippen molar-refractivity contribution >= 4 is 17.7 Å². The first-order chi connectivity index (χ1) is 9.24. The largest absolute Gasteiger partial charge is 0.355 e. The van der Waals surface area contributed by atoms with Gasteiger partial charge in [-0.2, -0.15) is 11.8 Å². The smallest absolute Gasteiger partial charge is 0.220 e. The van der Waals surface area contributed by atoms with Gasteiger partial charge in [0, 0.05) is 17.7 Å². The first-order valence-electron chi connectivity index (χ1n) is 7.77. The fourth-order valence-corrected chi connectivity index (χ4v) is 4.25. The van der Waals surface area contributed by atoms with Crippen molar-refractivity contribution in [1.29, 1.82) is 0 Å². The summed E-state index contributed by atoms with van der Waals surface area (Å²) in [5.41, 5.74) is 0. The van der Waals surface area contributed by atoms with E-state index in [-0.39, 0.29) is 5.91 Å². The van der Waals surface area contributed by atoms with E-state index in [0.717, 1.165) is 19.6 Å². The molecule has 2 aliphatic rings. The van der Waals surface area contributed by atoms with Crippen molar-refractivity contribution in [2.75, 3.05) is 25.9 Å². The predicted molar refractivity (Wildman–Crippen MR) is 82.6 cm³/mol. The van der Waals surface area contributed by atoms with Gasteiger partial charge in [0.05, 0.1) is 0 Å². The zero-order chi connectivity index (χ0) is 13.6. The third kappa shape index (κ3) is 4.67. The highest BCUT2D eigenvalue weighted by atomic mass is 32.2. The number of hydrogen-bond acceptors (Lipinski definition) is 3. The van der Waals surface area contributed by atoms with Crippen LogP contribution in [0.4, 0.5) is 0 Å². The van der Waals surface area contributed by atoms with Crippen LogP contribution in [0.3, 0.4) is 0 Å². The Morgan fingerprint density at radius 2 is 2.11 bits per heavy atom. The molecule has 4 heteroatoms. The van der Waals surface area contributed by atoms with Crippen molar-refractivity contribution in [1.82, 2.24) is 10.6 Å². The minimum absolute atomic E-state index is 0.257. The summed E-state index contributed by atoms with van der Waals surface area (Å²) in [5, 5.41) is 6.58. The standard InChI is InChI=1S/C15H28N2OS/c1-19-15(7-3-2-4-8-15)12-17-14(18)10-13-6-5-9-16-11-13/h13,16H,2-12H2,1H3,(H,17,18). The maximum absolute atomic E-state index is 12.1. The van der Waals surface area contributed by atoms with Gasteiger partial charge in [0.15, 0.2) is 0 Å². The molecule has 1 atom stereocenters. The normalized spacial score (nSPS) is 26.9. The lowest BCUT2D eigenvalue weighted by atomic mass is 9.88. The highest BCUT2D eigenvalue weighted by Crippen LogP contribution is 2.37. The number of nitrogens with one attached hydrogen (secondary N) is 2. The van der Waals surface area contributed by atoms with Crippen molar-refractivity contribution in [3.05, 3.63) is 0 Å². The van der Waals surface area contributed by atoms with Gasteiger partial charge in [-0.15, -0.1) is 0 Å². The van der Waals surface area contributed by atoms with Gasteiger partial charge in [0.2, 0.25) is 5.91 Å². The topological polar surface area (TPSA) is 41.1 Å². The maximum Gasteiger partial charge on any atom is 0.220 e. The summed E-state index contributed by atoms with van der Waals surface area (Å²) in [4.78, 5) is 12.1. The molecule has 1 amide bonds. The summed E-state index contributed by atoms with van der Waals surface area (Å²) in [6, 6.07) is 0. The minimum Gasteiger partial charge on any atom is -0.355 e. The molecule has 0 aromatic rings. The lowest BCUT2D eigenvalue weighted by Crippen LogP contribution is -2.43. The Morgan fingerprint density at radius 1 is 1.32 bits per heavy atom. The van der Waals surface area contributed by atoms with E-state index in [4.69, 9.17) is 0 Å². The number of carbonyl (C=O) groups is 1. The van der Waals surface area contributed by atoms with E-state index in [0.29, 0.717) is 17.1 Å². The maximum atomic E-state index is 12.1. The van der Waals surface area contributed by atoms with Crippen LogP contribution in [0.5, 0.6) is 0 Å². The zero-order valence-electron chi connectivity index (χ0n) is 12.2. The lowest BCUT2D eigenvalue weighted by Gasteiger charge is -2.36. The number of amides is 1. The highest BCUT2D eigenvalue weighted by Gasteiger charge is 2.31. The van der Waals surface area contributed by atoms with E-state index in [1.54, 1.807) is 0 Å². The van der Waals surface area contributed by atoms with Crippen LogP contribution < -0.4 is 10.6 Å². The first-order valence-corrected chi connectivity index (χ1v) is 8.99. The third-order valence-corrected chi connectivity index (χ3v) is 6.10. The molecule has 1 heterocycles. The van der Waals surface area contributed by atoms with Gasteiger partial charge in [-0.1, -0.05) is 19.3 Å². The van der Waals surface area contributed by atoms with Crippen molar-refractivity contribution < 1.29 is 4.79 Å². The monoisotopic (exact) mass is 284 g/mol. The molecule has 0 bridgehead atoms. The van der Waals surface area contributed by atoms with Crippen LogP contribution in [-0.4, -0.2) is 36.5 Å². The molecule has 0 aromatic carbocycles. The first kappa shape index (κ1) is 15.2. The Morgan fingerprint density at radius 3 is 2.74 bits per heavy atom. The van der Waals surface area contributed by atoms with Crippen LogP contribution in [0.15, 0.2) is 0 Å². The Kier molecular flexibility index (Phi) is 6.02. The Labute approximate surface area is 121 Å². The zero-order valence-corrected chi connectivity index (χ0v) is 13.0. The van der Waals surface area contributed by atoms with Gasteiger partial charge in [-0.3, -0.25) is 4.79 Å². The fraction of sp³-hybridized carbons (Fsp3) is 0.933. The highest BCUT2D eigenvalue weighted by molar-refractivity contribution is 8.00. The van der Waals surface area contributed by atoms with Crippen molar-refractivity contribution in [2.24, 2.45) is 5.92 Å². The molecule has 2 fully saturated rings. The van der Waals surface area contributed by atoms with E-state index in [1.165, 1.54) is 44.9 Å². The van der Waals surface area contributed by atoms with E-state index < -0.39 is 0 Å². The minimum atomic E-state index is 0.257. The van der Waals surface area contributed by atoms with Crippen molar-refractivity contribution in [3.63, 3.8) is 0 Å². The average molecular weight is 284 g/mol. The second kappa shape index (κ2) is 7.53. The predicted octanol–water partition coefficient (Wildman–Crippen LogP) is 2.56. The molecule has 2 rings (SSSR count). The Bertz CT molecular complexity index is 284. The molecule has 110 valence electrons. The van der Waals surface area contributed by atoms with Crippen molar-refractivity contribution in [2.45, 2.75) is 56.1 Å². The summed E-state index contributed by atoms with van der Waals surface area (Å²) < 4.78 is 0.318. The summed E-state index contributed by atoms with van der Waals surface area (Å²) in [7, 11) is 0. The number of hydrogen-bond donors (Lipinski definition) is 2. The second-order valence-electron chi connectivity index (χ2n) is 6.14. The molecule has 1 saturated carbocycles. The van der Waals surface area contributed by atoms with Crippen LogP contribution in [0, 0.1) is 5.92 Å². The van der Waals surface area contributed by atoms with Gasteiger partial charge >= 0.3 is 0 Å². The summed E-state index contributed by atoms with van der Waals surface area (Å²) >= 11 is 1.95. The van der Waals surface area contributed by atoms with Gasteiger partial charge < -0.3 is 10.6 Å². The quantitative estimate of drug-likeness (QED) is 0.815. The molecule has 0 spiro atoms. The molecule has 2 N–H and O–H groups in total. The van der Waals surface area contributed by atoms with Crippen LogP contribution in [0.1, 0.15) is 51.4 Å². The van der Waals surface area contributed by atoms with Gasteiger partial charge in [0.1, 0.15) is 0 Å². The number of carbonyl (C=O) groups excluding carboxylic acids is 1. The van der Waals surface area contributed by atoms with Gasteiger partial charge in [0.25, 0.3) is 0 Å². The van der Waals surface area contributed by atoms with Gasteiger partial charge in [-0.25, -0.2) is 0 Å². The fourth-order valence-electron chi connectivity index (χ4n) is 3.34. The Balaban J connectivity index is 1.72. The summed E-state index contributed by atoms with van der Waals surface area (Å²) in [5.74, 6) is 0.804. The van der Waals surface area contributed by atoms with Gasteiger partial charge in [-0.05, 0) is 50.9 Å². The summed E-state index contributed by atoms with van der Waals surface area (Å²) in [6.07, 6.45) is 11.9. The molecule has 1 saturated heterocycles. The molecular formula is C15H28N2OS. The molecule has 0 radical (unpaired) electrons. The average Bonchev–Trinajstić information content (AvgIpc) is 2.47. The molecule has 19 heavy (non-hydrogen) atoms. The van der Waals surface area contributed by atoms with E-state index in [1.807, 2.05) is 11.8 Å². The SMILES string of the molecule is CSC1(CNC(=O)CC2CCCNC2)CCCCC1. The molecule has 0 aromatic heterocycles. The van der Waals surface area contributed by atoms with E-state index in [2.05, 4.69) is 16.9 Å². The molecule has 3 nitrogen and oxygen atoms in total. The molecule has 1 unspecified atom stereocenters. The molecule has 1 aliphatic carbocycles. The molecular weight excluding hydrogens is 256 g/mol. The van der Waals surface area contributed by atoms with E-state index >= 15 is 0 Å². The van der Waals surface area contributed by atoms with Crippen LogP contribution in [-0.2, 0) is 4.79 Å². The Hall–Kier alpha value is -0.220.